The highest BCUT2D eigenvalue weighted by Crippen LogP contribution is 2.22. The number of aromatic nitrogens is 1. The van der Waals surface area contributed by atoms with Gasteiger partial charge in [0.1, 0.15) is 14.9 Å². The van der Waals surface area contributed by atoms with Gasteiger partial charge in [0.05, 0.1) is 5.75 Å². The Morgan fingerprint density at radius 1 is 1.50 bits per heavy atom. The Morgan fingerprint density at radius 2 is 2.19 bits per heavy atom. The normalized spacial score (nSPS) is 11.7. The van der Waals surface area contributed by atoms with Crippen LogP contribution in [-0.4, -0.2) is 31.2 Å². The van der Waals surface area contributed by atoms with E-state index >= 15 is 0 Å². The molecule has 90 valence electrons. The Balaban J connectivity index is 2.71. The topological polar surface area (TPSA) is 73.0 Å². The Kier molecular flexibility index (Phi) is 4.76. The van der Waals surface area contributed by atoms with Gasteiger partial charge in [-0.3, -0.25) is 0 Å². The highest BCUT2D eigenvalue weighted by atomic mass is 32.2. The van der Waals surface area contributed by atoms with Crippen LogP contribution >= 0.6 is 11.8 Å². The molecule has 0 unspecified atom stereocenters. The molecule has 0 aliphatic heterocycles. The predicted molar refractivity (Wildman–Crippen MR) is 67.3 cm³/mol. The van der Waals surface area contributed by atoms with Gasteiger partial charge in [-0.15, -0.1) is 11.8 Å². The number of sulfone groups is 1. The van der Waals surface area contributed by atoms with E-state index in [0.29, 0.717) is 12.3 Å². The SMILES string of the molecule is Cc1ccnc(SCCS(C)(=O)=O)c1CN. The van der Waals surface area contributed by atoms with Gasteiger partial charge in [-0.2, -0.15) is 0 Å². The highest BCUT2D eigenvalue weighted by molar-refractivity contribution is 8.00. The van der Waals surface area contributed by atoms with E-state index in [1.54, 1.807) is 6.20 Å². The molecule has 0 saturated carbocycles. The van der Waals surface area contributed by atoms with Crippen molar-refractivity contribution in [2.24, 2.45) is 5.73 Å². The zero-order valence-electron chi connectivity index (χ0n) is 9.43. The molecule has 0 aliphatic rings. The molecule has 6 heteroatoms. The van der Waals surface area contributed by atoms with Crippen LogP contribution in [0.4, 0.5) is 0 Å². The number of aryl methyl sites for hydroxylation is 1. The number of hydrogen-bond acceptors (Lipinski definition) is 5. The van der Waals surface area contributed by atoms with Crippen LogP contribution in [0.2, 0.25) is 0 Å². The van der Waals surface area contributed by atoms with E-state index in [1.807, 2.05) is 13.0 Å². The van der Waals surface area contributed by atoms with Gasteiger partial charge in [0, 0.05) is 30.3 Å². The molecule has 1 rings (SSSR count). The van der Waals surface area contributed by atoms with Crippen molar-refractivity contribution in [3.05, 3.63) is 23.4 Å². The molecular weight excluding hydrogens is 244 g/mol. The Labute approximate surface area is 101 Å². The van der Waals surface area contributed by atoms with Gasteiger partial charge >= 0.3 is 0 Å². The maximum atomic E-state index is 11.0. The van der Waals surface area contributed by atoms with Crippen molar-refractivity contribution in [3.8, 4) is 0 Å². The van der Waals surface area contributed by atoms with Crippen molar-refractivity contribution in [3.63, 3.8) is 0 Å². The van der Waals surface area contributed by atoms with Gasteiger partial charge in [-0.25, -0.2) is 13.4 Å². The molecule has 0 spiro atoms. The second-order valence-electron chi connectivity index (χ2n) is 3.59. The van der Waals surface area contributed by atoms with Crippen LogP contribution in [0, 0.1) is 6.92 Å². The third kappa shape index (κ3) is 4.11. The van der Waals surface area contributed by atoms with E-state index in [0.717, 1.165) is 16.2 Å². The summed E-state index contributed by atoms with van der Waals surface area (Å²) in [7, 11) is -2.90. The van der Waals surface area contributed by atoms with Crippen LogP contribution in [0.5, 0.6) is 0 Å². The molecule has 0 atom stereocenters. The number of nitrogens with two attached hydrogens (primary N) is 1. The fourth-order valence-corrected chi connectivity index (χ4v) is 3.52. The lowest BCUT2D eigenvalue weighted by Crippen LogP contribution is -2.07. The highest BCUT2D eigenvalue weighted by Gasteiger charge is 2.08. The van der Waals surface area contributed by atoms with Crippen molar-refractivity contribution < 1.29 is 8.42 Å². The lowest BCUT2D eigenvalue weighted by atomic mass is 10.2. The molecule has 0 fully saturated rings. The largest absolute Gasteiger partial charge is 0.326 e. The molecule has 0 saturated heterocycles. The average molecular weight is 260 g/mol. The smallest absolute Gasteiger partial charge is 0.148 e. The zero-order valence-corrected chi connectivity index (χ0v) is 11.1. The van der Waals surface area contributed by atoms with Gasteiger partial charge in [-0.05, 0) is 18.6 Å². The Bertz CT molecular complexity index is 458. The summed E-state index contributed by atoms with van der Waals surface area (Å²) in [4.78, 5) is 4.22. The van der Waals surface area contributed by atoms with E-state index in [1.165, 1.54) is 18.0 Å². The van der Waals surface area contributed by atoms with Crippen LogP contribution in [0.15, 0.2) is 17.3 Å². The quantitative estimate of drug-likeness (QED) is 0.799. The van der Waals surface area contributed by atoms with E-state index < -0.39 is 9.84 Å². The summed E-state index contributed by atoms with van der Waals surface area (Å²) in [6.07, 6.45) is 2.96. The van der Waals surface area contributed by atoms with E-state index in [2.05, 4.69) is 4.98 Å². The lowest BCUT2D eigenvalue weighted by molar-refractivity contribution is 0.603. The van der Waals surface area contributed by atoms with E-state index in [4.69, 9.17) is 5.73 Å². The fourth-order valence-electron chi connectivity index (χ4n) is 1.23. The van der Waals surface area contributed by atoms with E-state index in [-0.39, 0.29) is 5.75 Å². The van der Waals surface area contributed by atoms with Crippen LogP contribution < -0.4 is 5.73 Å². The van der Waals surface area contributed by atoms with Crippen molar-refractivity contribution in [2.75, 3.05) is 17.8 Å². The number of hydrogen-bond donors (Lipinski definition) is 1. The standard InChI is InChI=1S/C10H16N2O2S2/c1-8-3-4-12-10(9(8)7-11)15-5-6-16(2,13)14/h3-4H,5-7,11H2,1-2H3. The minimum atomic E-state index is -2.90. The minimum Gasteiger partial charge on any atom is -0.326 e. The zero-order chi connectivity index (χ0) is 12.2. The number of thioether (sulfide) groups is 1. The Hall–Kier alpha value is -0.590. The summed E-state index contributed by atoms with van der Waals surface area (Å²) in [5.74, 6) is 0.680. The molecule has 1 aromatic rings. The maximum Gasteiger partial charge on any atom is 0.148 e. The first-order valence-corrected chi connectivity index (χ1v) is 7.93. The second-order valence-corrected chi connectivity index (χ2v) is 6.94. The van der Waals surface area contributed by atoms with Gasteiger partial charge in [0.25, 0.3) is 0 Å². The predicted octanol–water partition coefficient (Wildman–Crippen LogP) is 0.985. The average Bonchev–Trinajstić information content (AvgIpc) is 2.16. The molecule has 0 aromatic carbocycles. The van der Waals surface area contributed by atoms with Crippen molar-refractivity contribution >= 4 is 21.6 Å². The Morgan fingerprint density at radius 3 is 2.75 bits per heavy atom. The molecule has 16 heavy (non-hydrogen) atoms. The fraction of sp³-hybridized carbons (Fsp3) is 0.500. The first-order valence-electron chi connectivity index (χ1n) is 4.89. The summed E-state index contributed by atoms with van der Waals surface area (Å²) in [5, 5.41) is 0.839. The molecular formula is C10H16N2O2S2. The molecule has 1 aromatic heterocycles. The summed E-state index contributed by atoms with van der Waals surface area (Å²) in [5.41, 5.74) is 7.73. The summed E-state index contributed by atoms with van der Waals surface area (Å²) in [6, 6.07) is 1.91. The molecule has 0 radical (unpaired) electrons. The first-order chi connectivity index (χ1) is 7.44. The van der Waals surface area contributed by atoms with Crippen molar-refractivity contribution in [2.45, 2.75) is 18.5 Å². The van der Waals surface area contributed by atoms with Gasteiger partial charge in [0.15, 0.2) is 0 Å². The van der Waals surface area contributed by atoms with Gasteiger partial charge < -0.3 is 5.73 Å². The van der Waals surface area contributed by atoms with Crippen LogP contribution in [-0.2, 0) is 16.4 Å². The summed E-state index contributed by atoms with van der Waals surface area (Å²) >= 11 is 1.44. The second kappa shape index (κ2) is 5.65. The van der Waals surface area contributed by atoms with Crippen LogP contribution in [0.3, 0.4) is 0 Å². The summed E-state index contributed by atoms with van der Waals surface area (Å²) in [6.45, 7) is 2.41. The van der Waals surface area contributed by atoms with Crippen molar-refractivity contribution in [1.82, 2.24) is 4.98 Å². The molecule has 0 bridgehead atoms. The maximum absolute atomic E-state index is 11.0. The van der Waals surface area contributed by atoms with Crippen LogP contribution in [0.1, 0.15) is 11.1 Å². The van der Waals surface area contributed by atoms with Gasteiger partial charge in [0.2, 0.25) is 0 Å². The molecule has 0 aliphatic carbocycles. The van der Waals surface area contributed by atoms with Gasteiger partial charge in [-0.1, -0.05) is 0 Å². The monoisotopic (exact) mass is 260 g/mol. The third-order valence-electron chi connectivity index (χ3n) is 2.15. The third-order valence-corrected chi connectivity index (χ3v) is 4.39. The summed E-state index contributed by atoms with van der Waals surface area (Å²) < 4.78 is 22.0. The first kappa shape index (κ1) is 13.5. The minimum absolute atomic E-state index is 0.164. The molecule has 0 amide bonds. The molecule has 2 N–H and O–H groups in total. The number of rotatable bonds is 5. The number of nitrogens with zero attached hydrogens (tertiary/aromatic N) is 1. The van der Waals surface area contributed by atoms with Crippen molar-refractivity contribution in [1.29, 1.82) is 0 Å². The number of pyridine rings is 1. The molecule has 4 nitrogen and oxygen atoms in total. The lowest BCUT2D eigenvalue weighted by Gasteiger charge is -2.08. The van der Waals surface area contributed by atoms with Crippen LogP contribution in [0.25, 0.3) is 0 Å². The van der Waals surface area contributed by atoms with E-state index in [9.17, 15) is 8.42 Å². The molecule has 1 heterocycles.